The van der Waals surface area contributed by atoms with Crippen LogP contribution in [-0.2, 0) is 15.6 Å². The van der Waals surface area contributed by atoms with E-state index >= 15 is 0 Å². The lowest BCUT2D eigenvalue weighted by atomic mass is 10.2. The van der Waals surface area contributed by atoms with Gasteiger partial charge in [-0.05, 0) is 17.7 Å². The van der Waals surface area contributed by atoms with E-state index in [1.807, 2.05) is 0 Å². The van der Waals surface area contributed by atoms with Gasteiger partial charge in [0.25, 0.3) is 0 Å². The van der Waals surface area contributed by atoms with Gasteiger partial charge in [-0.3, -0.25) is 0 Å². The van der Waals surface area contributed by atoms with Crippen LogP contribution in [0.15, 0.2) is 18.2 Å². The number of benzene rings is 1. The van der Waals surface area contributed by atoms with Gasteiger partial charge in [-0.2, -0.15) is 0 Å². The van der Waals surface area contributed by atoms with Crippen LogP contribution in [0, 0.1) is 0 Å². The summed E-state index contributed by atoms with van der Waals surface area (Å²) in [7, 11) is -1.52. The highest BCUT2D eigenvalue weighted by molar-refractivity contribution is 7.89. The third kappa shape index (κ3) is 3.26. The number of hydrogen-bond donors (Lipinski definition) is 1. The van der Waals surface area contributed by atoms with Crippen molar-refractivity contribution in [3.63, 3.8) is 0 Å². The summed E-state index contributed by atoms with van der Waals surface area (Å²) in [6.07, 6.45) is 1.18. The fourth-order valence-electron chi connectivity index (χ4n) is 1.19. The second-order valence-corrected chi connectivity index (χ2v) is 5.32. The van der Waals surface area contributed by atoms with E-state index in [1.165, 1.54) is 13.4 Å². The maximum atomic E-state index is 11.0. The molecule has 0 spiro atoms. The van der Waals surface area contributed by atoms with Crippen molar-refractivity contribution in [1.29, 1.82) is 0 Å². The van der Waals surface area contributed by atoms with Gasteiger partial charge in [0.2, 0.25) is 0 Å². The summed E-state index contributed by atoms with van der Waals surface area (Å²) < 4.78 is 27.0. The minimum Gasteiger partial charge on any atom is -0.497 e. The Morgan fingerprint density at radius 3 is 2.50 bits per heavy atom. The zero-order chi connectivity index (χ0) is 10.8. The number of nitrogen functional groups attached to an aromatic ring is 1. The van der Waals surface area contributed by atoms with Gasteiger partial charge in [-0.15, -0.1) is 0 Å². The lowest BCUT2D eigenvalue weighted by Gasteiger charge is -2.05. The standard InChI is InChI=1S/C9H13NO3S/c1-13-9-4-7(3-8(10)5-9)6-14(2,11)12/h3-5H,6,10H2,1-2H3. The molecule has 0 aromatic heterocycles. The maximum Gasteiger partial charge on any atom is 0.151 e. The Morgan fingerprint density at radius 2 is 2.00 bits per heavy atom. The van der Waals surface area contributed by atoms with Crippen molar-refractivity contribution in [2.24, 2.45) is 0 Å². The van der Waals surface area contributed by atoms with Crippen LogP contribution in [-0.4, -0.2) is 21.8 Å². The minimum atomic E-state index is -3.03. The average Bonchev–Trinajstić information content (AvgIpc) is 1.99. The van der Waals surface area contributed by atoms with E-state index in [-0.39, 0.29) is 5.75 Å². The van der Waals surface area contributed by atoms with E-state index in [9.17, 15) is 8.42 Å². The zero-order valence-electron chi connectivity index (χ0n) is 8.15. The van der Waals surface area contributed by atoms with Crippen LogP contribution in [0.4, 0.5) is 5.69 Å². The predicted octanol–water partition coefficient (Wildman–Crippen LogP) is 0.822. The Kier molecular flexibility index (Phi) is 3.00. The molecule has 0 unspecified atom stereocenters. The van der Waals surface area contributed by atoms with Gasteiger partial charge in [0.05, 0.1) is 12.9 Å². The molecule has 0 saturated carbocycles. The Hall–Kier alpha value is -1.23. The molecule has 0 aliphatic heterocycles. The highest BCUT2D eigenvalue weighted by atomic mass is 32.2. The SMILES string of the molecule is COc1cc(N)cc(CS(C)(=O)=O)c1. The summed E-state index contributed by atoms with van der Waals surface area (Å²) in [5.41, 5.74) is 6.72. The first-order chi connectivity index (χ1) is 6.40. The first-order valence-electron chi connectivity index (χ1n) is 4.02. The molecule has 0 saturated heterocycles. The molecule has 4 nitrogen and oxygen atoms in total. The molecule has 0 atom stereocenters. The molecule has 5 heteroatoms. The van der Waals surface area contributed by atoms with Gasteiger partial charge in [0, 0.05) is 18.0 Å². The molecule has 2 N–H and O–H groups in total. The Balaban J connectivity index is 3.04. The maximum absolute atomic E-state index is 11.0. The van der Waals surface area contributed by atoms with E-state index in [0.29, 0.717) is 17.0 Å². The smallest absolute Gasteiger partial charge is 0.151 e. The van der Waals surface area contributed by atoms with Crippen LogP contribution >= 0.6 is 0 Å². The number of rotatable bonds is 3. The van der Waals surface area contributed by atoms with Crippen LogP contribution in [0.2, 0.25) is 0 Å². The van der Waals surface area contributed by atoms with Crippen LogP contribution in [0.25, 0.3) is 0 Å². The van der Waals surface area contributed by atoms with Gasteiger partial charge >= 0.3 is 0 Å². The Bertz CT molecular complexity index is 426. The summed E-state index contributed by atoms with van der Waals surface area (Å²) >= 11 is 0. The second-order valence-electron chi connectivity index (χ2n) is 3.18. The number of anilines is 1. The highest BCUT2D eigenvalue weighted by Crippen LogP contribution is 2.19. The third-order valence-electron chi connectivity index (χ3n) is 1.65. The van der Waals surface area contributed by atoms with Crippen LogP contribution in [0.1, 0.15) is 5.56 Å². The quantitative estimate of drug-likeness (QED) is 0.758. The van der Waals surface area contributed by atoms with Gasteiger partial charge in [0.1, 0.15) is 5.75 Å². The lowest BCUT2D eigenvalue weighted by Crippen LogP contribution is -2.01. The Morgan fingerprint density at radius 1 is 1.36 bits per heavy atom. The fourth-order valence-corrected chi connectivity index (χ4v) is 1.96. The van der Waals surface area contributed by atoms with Crippen LogP contribution in [0.5, 0.6) is 5.75 Å². The summed E-state index contributed by atoms with van der Waals surface area (Å²) in [5, 5.41) is 0. The molecule has 14 heavy (non-hydrogen) atoms. The minimum absolute atomic E-state index is 0.0194. The molecule has 1 rings (SSSR count). The van der Waals surface area contributed by atoms with Crippen LogP contribution < -0.4 is 10.5 Å². The monoisotopic (exact) mass is 215 g/mol. The molecule has 0 heterocycles. The summed E-state index contributed by atoms with van der Waals surface area (Å²) in [6, 6.07) is 4.94. The second kappa shape index (κ2) is 3.88. The third-order valence-corrected chi connectivity index (χ3v) is 2.51. The number of sulfone groups is 1. The van der Waals surface area contributed by atoms with Gasteiger partial charge < -0.3 is 10.5 Å². The van der Waals surface area contributed by atoms with Gasteiger partial charge in [-0.25, -0.2) is 8.42 Å². The van der Waals surface area contributed by atoms with E-state index in [1.54, 1.807) is 18.2 Å². The average molecular weight is 215 g/mol. The van der Waals surface area contributed by atoms with E-state index in [0.717, 1.165) is 0 Å². The highest BCUT2D eigenvalue weighted by Gasteiger charge is 2.06. The number of ether oxygens (including phenoxy) is 1. The molecule has 78 valence electrons. The number of methoxy groups -OCH3 is 1. The summed E-state index contributed by atoms with van der Waals surface area (Å²) in [4.78, 5) is 0. The van der Waals surface area contributed by atoms with Crippen molar-refractivity contribution in [2.75, 3.05) is 19.1 Å². The van der Waals surface area contributed by atoms with E-state index in [4.69, 9.17) is 10.5 Å². The first-order valence-corrected chi connectivity index (χ1v) is 6.08. The molecule has 1 aromatic rings. The van der Waals surface area contributed by atoms with Crippen molar-refractivity contribution in [1.82, 2.24) is 0 Å². The Labute approximate surface area is 83.6 Å². The van der Waals surface area contributed by atoms with Crippen molar-refractivity contribution < 1.29 is 13.2 Å². The van der Waals surface area contributed by atoms with Crippen molar-refractivity contribution in [3.8, 4) is 5.75 Å². The van der Waals surface area contributed by atoms with Crippen molar-refractivity contribution >= 4 is 15.5 Å². The molecular formula is C9H13NO3S. The first kappa shape index (κ1) is 10.8. The molecular weight excluding hydrogens is 202 g/mol. The number of hydrogen-bond acceptors (Lipinski definition) is 4. The van der Waals surface area contributed by atoms with E-state index < -0.39 is 9.84 Å². The zero-order valence-corrected chi connectivity index (χ0v) is 8.97. The topological polar surface area (TPSA) is 69.4 Å². The van der Waals surface area contributed by atoms with Gasteiger partial charge in [-0.1, -0.05) is 0 Å². The largest absolute Gasteiger partial charge is 0.497 e. The van der Waals surface area contributed by atoms with Crippen LogP contribution in [0.3, 0.4) is 0 Å². The normalized spacial score (nSPS) is 11.3. The molecule has 1 aromatic carbocycles. The molecule has 0 bridgehead atoms. The predicted molar refractivity (Wildman–Crippen MR) is 56.0 cm³/mol. The lowest BCUT2D eigenvalue weighted by molar-refractivity contribution is 0.414. The molecule has 0 radical (unpaired) electrons. The van der Waals surface area contributed by atoms with Gasteiger partial charge in [0.15, 0.2) is 9.84 Å². The molecule has 0 amide bonds. The molecule has 0 aliphatic rings. The fraction of sp³-hybridized carbons (Fsp3) is 0.333. The molecule has 0 fully saturated rings. The van der Waals surface area contributed by atoms with Crippen molar-refractivity contribution in [3.05, 3.63) is 23.8 Å². The molecule has 0 aliphatic carbocycles. The number of nitrogens with two attached hydrogens (primary N) is 1. The van der Waals surface area contributed by atoms with E-state index in [2.05, 4.69) is 0 Å². The van der Waals surface area contributed by atoms with Crippen molar-refractivity contribution in [2.45, 2.75) is 5.75 Å². The summed E-state index contributed by atoms with van der Waals surface area (Å²) in [5.74, 6) is 0.553. The summed E-state index contributed by atoms with van der Waals surface area (Å²) in [6.45, 7) is 0.